The number of benzene rings is 2. The molecule has 15 nitrogen and oxygen atoms in total. The van der Waals surface area contributed by atoms with E-state index in [1.807, 2.05) is 36.4 Å². The van der Waals surface area contributed by atoms with Gasteiger partial charge in [0, 0.05) is 40.6 Å². The minimum Gasteiger partial charge on any atom is -0.394 e. The largest absolute Gasteiger partial charge is 0.394 e. The van der Waals surface area contributed by atoms with Gasteiger partial charge in [-0.3, -0.25) is 14.4 Å². The third kappa shape index (κ3) is 9.92. The third-order valence-electron chi connectivity index (χ3n) is 8.04. The zero-order chi connectivity index (χ0) is 34.7. The Balaban J connectivity index is 1.61. The van der Waals surface area contributed by atoms with Crippen LogP contribution in [-0.2, 0) is 20.9 Å². The summed E-state index contributed by atoms with van der Waals surface area (Å²) in [6.45, 7) is 3.31. The topological polar surface area (TPSA) is 252 Å². The van der Waals surface area contributed by atoms with Crippen LogP contribution in [0.3, 0.4) is 0 Å². The number of hydrogen-bond acceptors (Lipinski definition) is 11. The van der Waals surface area contributed by atoms with Crippen LogP contribution in [0.1, 0.15) is 33.1 Å². The number of hydrogen-bond donors (Lipinski definition) is 11. The fourth-order valence-electron chi connectivity index (χ4n) is 5.34. The molecule has 1 heterocycles. The van der Waals surface area contributed by atoms with Crippen molar-refractivity contribution in [2.45, 2.75) is 82.3 Å². The van der Waals surface area contributed by atoms with Gasteiger partial charge in [0.15, 0.2) is 6.10 Å². The van der Waals surface area contributed by atoms with E-state index < -0.39 is 66.9 Å². The average Bonchev–Trinajstić information content (AvgIpc) is 3.38. The van der Waals surface area contributed by atoms with Crippen molar-refractivity contribution in [1.82, 2.24) is 20.5 Å². The molecule has 2 aromatic carbocycles. The highest BCUT2D eigenvalue weighted by Crippen LogP contribution is 2.31. The Labute approximate surface area is 272 Å². The number of aromatic nitrogens is 1. The number of aryl methyl sites for hydroxylation is 1. The van der Waals surface area contributed by atoms with E-state index in [1.54, 1.807) is 0 Å². The van der Waals surface area contributed by atoms with Gasteiger partial charge >= 0.3 is 0 Å². The highest BCUT2D eigenvalue weighted by molar-refractivity contribution is 6.10. The molecule has 47 heavy (non-hydrogen) atoms. The molecular weight excluding hydrogens is 612 g/mol. The van der Waals surface area contributed by atoms with E-state index >= 15 is 0 Å². The van der Waals surface area contributed by atoms with Crippen molar-refractivity contribution in [1.29, 1.82) is 0 Å². The van der Waals surface area contributed by atoms with Crippen LogP contribution < -0.4 is 27.0 Å². The Bertz CT molecular complexity index is 1480. The summed E-state index contributed by atoms with van der Waals surface area (Å²) in [6.07, 6.45) is -7.67. The molecule has 3 amide bonds. The molecule has 0 saturated heterocycles. The number of amides is 3. The van der Waals surface area contributed by atoms with E-state index in [9.17, 15) is 39.9 Å². The van der Waals surface area contributed by atoms with Crippen molar-refractivity contribution < 1.29 is 45.0 Å². The van der Waals surface area contributed by atoms with E-state index in [0.29, 0.717) is 31.5 Å². The van der Waals surface area contributed by atoms with Crippen molar-refractivity contribution in [3.05, 3.63) is 42.5 Å². The van der Waals surface area contributed by atoms with E-state index in [1.165, 1.54) is 6.92 Å². The number of anilines is 1. The van der Waals surface area contributed by atoms with E-state index in [4.69, 9.17) is 10.8 Å². The second-order valence-corrected chi connectivity index (χ2v) is 11.5. The number of carbonyl (C=O) groups excluding carboxylic acids is 3. The van der Waals surface area contributed by atoms with Crippen LogP contribution >= 0.6 is 0 Å². The summed E-state index contributed by atoms with van der Waals surface area (Å²) < 4.78 is 2.20. The summed E-state index contributed by atoms with van der Waals surface area (Å²) in [5, 5.41) is 71.1. The van der Waals surface area contributed by atoms with Gasteiger partial charge in [0.1, 0.15) is 24.4 Å². The SMILES string of the molecule is CCn1c2ccccc2c2cc(NC(=O)[C@H](CCCCN)NC(=O)CNC[C@@H](NC(=O)C(O)C(O)C(O)C(O)CO)C(C)O)ccc21. The lowest BCUT2D eigenvalue weighted by Crippen LogP contribution is -2.57. The van der Waals surface area contributed by atoms with Gasteiger partial charge in [0.25, 0.3) is 5.91 Å². The van der Waals surface area contributed by atoms with Gasteiger partial charge in [-0.1, -0.05) is 18.2 Å². The fraction of sp³-hybridized carbons (Fsp3) is 0.531. The molecule has 0 aliphatic rings. The Kier molecular flexibility index (Phi) is 14.5. The first-order valence-corrected chi connectivity index (χ1v) is 15.8. The average molecular weight is 661 g/mol. The summed E-state index contributed by atoms with van der Waals surface area (Å²) in [6, 6.07) is 11.8. The molecule has 0 aliphatic carbocycles. The van der Waals surface area contributed by atoms with Gasteiger partial charge in [-0.05, 0) is 63.9 Å². The molecule has 12 N–H and O–H groups in total. The van der Waals surface area contributed by atoms with Gasteiger partial charge in [0.05, 0.1) is 25.3 Å². The number of nitrogens with zero attached hydrogens (tertiary/aromatic N) is 1. The van der Waals surface area contributed by atoms with E-state index in [0.717, 1.165) is 28.4 Å². The molecule has 0 aliphatic heterocycles. The zero-order valence-corrected chi connectivity index (χ0v) is 26.7. The zero-order valence-electron chi connectivity index (χ0n) is 26.7. The standard InChI is InChI=1S/C32H48N6O9/c1-3-38-24-10-5-4-8-20(24)21-14-19(11-12-25(21)38)35-31(46)22(9-6-7-13-33)36-27(42)16-34-15-23(18(2)40)37-32(47)30(45)29(44)28(43)26(41)17-39/h4-5,8,10-12,14,18,22-23,26,28-30,34,39-41,43-45H,3,6-7,9,13,15-17,33H2,1-2H3,(H,35,46)(H,36,42)(H,37,47)/t18?,22-,23+,26?,28?,29?,30?/m0/s1. The van der Waals surface area contributed by atoms with Crippen LogP contribution in [0.4, 0.5) is 5.69 Å². The number of rotatable bonds is 19. The monoisotopic (exact) mass is 660 g/mol. The van der Waals surface area contributed by atoms with Crippen LogP contribution in [0.5, 0.6) is 0 Å². The van der Waals surface area contributed by atoms with Crippen molar-refractivity contribution in [2.75, 3.05) is 31.6 Å². The van der Waals surface area contributed by atoms with Crippen LogP contribution in [0.15, 0.2) is 42.5 Å². The first kappa shape index (κ1) is 37.8. The number of fused-ring (bicyclic) bond motifs is 3. The minimum atomic E-state index is -2.19. The van der Waals surface area contributed by atoms with Crippen molar-refractivity contribution in [2.24, 2.45) is 5.73 Å². The van der Waals surface area contributed by atoms with Gasteiger partial charge in [-0.15, -0.1) is 0 Å². The lowest BCUT2D eigenvalue weighted by atomic mass is 10.0. The molecule has 0 fully saturated rings. The maximum absolute atomic E-state index is 13.4. The van der Waals surface area contributed by atoms with Crippen molar-refractivity contribution in [3.63, 3.8) is 0 Å². The third-order valence-corrected chi connectivity index (χ3v) is 8.04. The van der Waals surface area contributed by atoms with E-state index in [-0.39, 0.29) is 13.1 Å². The van der Waals surface area contributed by atoms with Crippen LogP contribution in [0.2, 0.25) is 0 Å². The smallest absolute Gasteiger partial charge is 0.252 e. The Morgan fingerprint density at radius 1 is 0.894 bits per heavy atom. The summed E-state index contributed by atoms with van der Waals surface area (Å²) in [5.74, 6) is -2.08. The van der Waals surface area contributed by atoms with Gasteiger partial charge in [-0.2, -0.15) is 0 Å². The Morgan fingerprint density at radius 2 is 1.60 bits per heavy atom. The highest BCUT2D eigenvalue weighted by atomic mass is 16.4. The second kappa shape index (κ2) is 18.0. The molecular formula is C32H48N6O9. The predicted octanol–water partition coefficient (Wildman–Crippen LogP) is -1.74. The molecule has 0 radical (unpaired) electrons. The Morgan fingerprint density at radius 3 is 2.26 bits per heavy atom. The highest BCUT2D eigenvalue weighted by Gasteiger charge is 2.35. The van der Waals surface area contributed by atoms with Gasteiger partial charge < -0.3 is 62.2 Å². The normalized spacial score (nSPS) is 16.2. The Hall–Kier alpha value is -3.67. The number of nitrogens with one attached hydrogen (secondary N) is 4. The number of unbranched alkanes of at least 4 members (excludes halogenated alkanes) is 1. The summed E-state index contributed by atoms with van der Waals surface area (Å²) in [7, 11) is 0. The fourth-order valence-corrected chi connectivity index (χ4v) is 5.34. The maximum Gasteiger partial charge on any atom is 0.252 e. The number of aliphatic hydroxyl groups excluding tert-OH is 6. The lowest BCUT2D eigenvalue weighted by Gasteiger charge is -2.28. The summed E-state index contributed by atoms with van der Waals surface area (Å²) in [5.41, 5.74) is 8.35. The van der Waals surface area contributed by atoms with Gasteiger partial charge in [0.2, 0.25) is 11.8 Å². The molecule has 1 aromatic heterocycles. The quantitative estimate of drug-likeness (QED) is 0.0644. The molecule has 7 atom stereocenters. The summed E-state index contributed by atoms with van der Waals surface area (Å²) >= 11 is 0. The molecule has 0 bridgehead atoms. The first-order valence-electron chi connectivity index (χ1n) is 15.8. The second-order valence-electron chi connectivity index (χ2n) is 11.5. The van der Waals surface area contributed by atoms with Crippen LogP contribution in [0, 0.1) is 0 Å². The minimum absolute atomic E-state index is 0.142. The molecule has 3 aromatic rings. The number of nitrogens with two attached hydrogens (primary N) is 1. The first-order chi connectivity index (χ1) is 22.4. The number of para-hydroxylation sites is 1. The maximum atomic E-state index is 13.4. The van der Waals surface area contributed by atoms with Gasteiger partial charge in [-0.25, -0.2) is 0 Å². The molecule has 260 valence electrons. The van der Waals surface area contributed by atoms with Crippen LogP contribution in [-0.4, -0.2) is 122 Å². The molecule has 0 saturated carbocycles. The molecule has 3 rings (SSSR count). The molecule has 0 spiro atoms. The number of aliphatic hydroxyl groups is 6. The van der Waals surface area contributed by atoms with Crippen LogP contribution in [0.25, 0.3) is 21.8 Å². The van der Waals surface area contributed by atoms with Crippen molar-refractivity contribution >= 4 is 45.2 Å². The van der Waals surface area contributed by atoms with E-state index in [2.05, 4.69) is 38.8 Å². The lowest BCUT2D eigenvalue weighted by molar-refractivity contribution is -0.150. The van der Waals surface area contributed by atoms with Crippen molar-refractivity contribution in [3.8, 4) is 0 Å². The number of carbonyl (C=O) groups is 3. The summed E-state index contributed by atoms with van der Waals surface area (Å²) in [4.78, 5) is 38.6. The predicted molar refractivity (Wildman–Crippen MR) is 176 cm³/mol. The molecule has 5 unspecified atom stereocenters. The molecule has 15 heteroatoms.